The summed E-state index contributed by atoms with van der Waals surface area (Å²) in [5.74, 6) is 1.32. The highest BCUT2D eigenvalue weighted by atomic mass is 35.5. The lowest BCUT2D eigenvalue weighted by atomic mass is 10.1. The van der Waals surface area contributed by atoms with E-state index in [0.717, 1.165) is 17.8 Å². The molecule has 108 valence electrons. The van der Waals surface area contributed by atoms with E-state index in [4.69, 9.17) is 11.6 Å². The van der Waals surface area contributed by atoms with Gasteiger partial charge in [-0.1, -0.05) is 42.8 Å². The van der Waals surface area contributed by atoms with Gasteiger partial charge in [-0.25, -0.2) is 0 Å². The molecule has 0 saturated heterocycles. The van der Waals surface area contributed by atoms with E-state index in [1.165, 1.54) is 17.5 Å². The molecular weight excluding hydrogens is 286 g/mol. The van der Waals surface area contributed by atoms with E-state index < -0.39 is 0 Å². The number of aryl methyl sites for hydroxylation is 1. The number of halogens is 1. The molecule has 0 unspecified atom stereocenters. The molecule has 2 aromatic heterocycles. The van der Waals surface area contributed by atoms with E-state index in [1.54, 1.807) is 4.52 Å². The third kappa shape index (κ3) is 2.69. The summed E-state index contributed by atoms with van der Waals surface area (Å²) in [6.45, 7) is 4.76. The minimum atomic E-state index is 0.444. The molecule has 0 atom stereocenters. The topological polar surface area (TPSA) is 55.1 Å². The van der Waals surface area contributed by atoms with Crippen molar-refractivity contribution in [1.29, 1.82) is 0 Å². The van der Waals surface area contributed by atoms with Crippen LogP contribution in [0.4, 0.5) is 5.82 Å². The molecule has 0 saturated carbocycles. The van der Waals surface area contributed by atoms with Gasteiger partial charge < -0.3 is 5.32 Å². The fourth-order valence-corrected chi connectivity index (χ4v) is 2.35. The highest BCUT2D eigenvalue weighted by Crippen LogP contribution is 2.22. The first kappa shape index (κ1) is 13.8. The van der Waals surface area contributed by atoms with Crippen molar-refractivity contribution in [2.45, 2.75) is 26.8 Å². The molecule has 1 aromatic carbocycles. The maximum absolute atomic E-state index is 6.14. The third-order valence-corrected chi connectivity index (χ3v) is 3.86. The van der Waals surface area contributed by atoms with Gasteiger partial charge in [-0.15, -0.1) is 0 Å². The van der Waals surface area contributed by atoms with Crippen LogP contribution >= 0.6 is 11.6 Å². The Kier molecular flexibility index (Phi) is 3.75. The Hall–Kier alpha value is -2.14. The maximum atomic E-state index is 6.14. The molecule has 3 aromatic rings. The number of rotatable bonds is 4. The van der Waals surface area contributed by atoms with E-state index in [0.29, 0.717) is 17.5 Å². The van der Waals surface area contributed by atoms with Crippen LogP contribution in [0, 0.1) is 6.92 Å². The zero-order chi connectivity index (χ0) is 14.8. The lowest BCUT2D eigenvalue weighted by molar-refractivity contribution is 0.914. The van der Waals surface area contributed by atoms with Gasteiger partial charge in [0.1, 0.15) is 17.3 Å². The van der Waals surface area contributed by atoms with Crippen LogP contribution in [-0.2, 0) is 13.0 Å². The van der Waals surface area contributed by atoms with Crippen molar-refractivity contribution < 1.29 is 0 Å². The predicted molar refractivity (Wildman–Crippen MR) is 83.7 cm³/mol. The molecular formula is C15H16ClN5. The minimum Gasteiger partial charge on any atom is -0.366 e. The Morgan fingerprint density at radius 2 is 1.90 bits per heavy atom. The average Bonchev–Trinajstić information content (AvgIpc) is 2.96. The Bertz CT molecular complexity index is 764. The van der Waals surface area contributed by atoms with Crippen LogP contribution in [0.5, 0.6) is 0 Å². The molecule has 6 heteroatoms. The quantitative estimate of drug-likeness (QED) is 0.752. The standard InChI is InChI=1S/C15H16ClN5/c1-3-11-4-6-12(7-5-11)8-17-14-10(2)13(16)20-15-18-9-19-21(14)15/h4-7,9,17H,3,8H2,1-2H3. The Morgan fingerprint density at radius 1 is 1.19 bits per heavy atom. The van der Waals surface area contributed by atoms with E-state index in [9.17, 15) is 0 Å². The zero-order valence-corrected chi connectivity index (χ0v) is 12.7. The molecule has 5 nitrogen and oxygen atoms in total. The van der Waals surface area contributed by atoms with Crippen molar-refractivity contribution in [2.24, 2.45) is 0 Å². The summed E-state index contributed by atoms with van der Waals surface area (Å²) in [6, 6.07) is 8.55. The van der Waals surface area contributed by atoms with Crippen molar-refractivity contribution >= 4 is 23.2 Å². The summed E-state index contributed by atoms with van der Waals surface area (Å²) in [5, 5.41) is 8.00. The second-order valence-electron chi connectivity index (χ2n) is 4.87. The molecule has 0 aliphatic rings. The molecule has 0 bridgehead atoms. The summed E-state index contributed by atoms with van der Waals surface area (Å²) >= 11 is 6.14. The van der Waals surface area contributed by atoms with E-state index in [1.807, 2.05) is 6.92 Å². The Labute approximate surface area is 128 Å². The monoisotopic (exact) mass is 301 g/mol. The fraction of sp³-hybridized carbons (Fsp3) is 0.267. The molecule has 21 heavy (non-hydrogen) atoms. The zero-order valence-electron chi connectivity index (χ0n) is 12.0. The van der Waals surface area contributed by atoms with Gasteiger partial charge in [0.05, 0.1) is 0 Å². The summed E-state index contributed by atoms with van der Waals surface area (Å²) in [6.07, 6.45) is 2.52. The first-order chi connectivity index (χ1) is 10.2. The molecule has 0 spiro atoms. The van der Waals surface area contributed by atoms with E-state index >= 15 is 0 Å². The molecule has 0 amide bonds. The van der Waals surface area contributed by atoms with Gasteiger partial charge in [-0.3, -0.25) is 0 Å². The number of nitrogens with one attached hydrogen (secondary N) is 1. The molecule has 2 heterocycles. The lowest BCUT2D eigenvalue weighted by Crippen LogP contribution is -2.08. The summed E-state index contributed by atoms with van der Waals surface area (Å²) in [4.78, 5) is 8.26. The first-order valence-corrected chi connectivity index (χ1v) is 7.24. The fourth-order valence-electron chi connectivity index (χ4n) is 2.18. The second-order valence-corrected chi connectivity index (χ2v) is 5.23. The van der Waals surface area contributed by atoms with Gasteiger partial charge in [0.25, 0.3) is 5.78 Å². The van der Waals surface area contributed by atoms with Crippen molar-refractivity contribution in [3.8, 4) is 0 Å². The van der Waals surface area contributed by atoms with Gasteiger partial charge in [0.2, 0.25) is 0 Å². The smallest absolute Gasteiger partial charge is 0.255 e. The van der Waals surface area contributed by atoms with Gasteiger partial charge in [-0.05, 0) is 24.5 Å². The Balaban J connectivity index is 1.87. The van der Waals surface area contributed by atoms with E-state index in [-0.39, 0.29) is 0 Å². The number of anilines is 1. The van der Waals surface area contributed by atoms with E-state index in [2.05, 4.69) is 51.6 Å². The van der Waals surface area contributed by atoms with Crippen molar-refractivity contribution in [2.75, 3.05) is 5.32 Å². The normalized spacial score (nSPS) is 11.0. The highest BCUT2D eigenvalue weighted by Gasteiger charge is 2.11. The van der Waals surface area contributed by atoms with Gasteiger partial charge >= 0.3 is 0 Å². The molecule has 0 radical (unpaired) electrons. The predicted octanol–water partition coefficient (Wildman–Crippen LogP) is 3.26. The lowest BCUT2D eigenvalue weighted by Gasteiger charge is -2.12. The largest absolute Gasteiger partial charge is 0.366 e. The number of hydrogen-bond acceptors (Lipinski definition) is 4. The molecule has 3 rings (SSSR count). The molecule has 0 aliphatic carbocycles. The summed E-state index contributed by atoms with van der Waals surface area (Å²) < 4.78 is 1.67. The summed E-state index contributed by atoms with van der Waals surface area (Å²) in [5.41, 5.74) is 3.40. The van der Waals surface area contributed by atoms with Crippen molar-refractivity contribution in [3.63, 3.8) is 0 Å². The minimum absolute atomic E-state index is 0.444. The molecule has 0 fully saturated rings. The van der Waals surface area contributed by atoms with Crippen LogP contribution in [0.3, 0.4) is 0 Å². The van der Waals surface area contributed by atoms with Crippen LogP contribution in [0.2, 0.25) is 5.15 Å². The van der Waals surface area contributed by atoms with Crippen LogP contribution in [0.25, 0.3) is 5.78 Å². The van der Waals surface area contributed by atoms with Crippen LogP contribution in [0.15, 0.2) is 30.6 Å². The summed E-state index contributed by atoms with van der Waals surface area (Å²) in [7, 11) is 0. The van der Waals surface area contributed by atoms with Crippen molar-refractivity contribution in [1.82, 2.24) is 19.6 Å². The van der Waals surface area contributed by atoms with Crippen molar-refractivity contribution in [3.05, 3.63) is 52.4 Å². The van der Waals surface area contributed by atoms with Crippen LogP contribution in [0.1, 0.15) is 23.6 Å². The van der Waals surface area contributed by atoms with Crippen LogP contribution < -0.4 is 5.32 Å². The SMILES string of the molecule is CCc1ccc(CNc2c(C)c(Cl)nc3ncnn23)cc1. The number of benzene rings is 1. The van der Waals surface area contributed by atoms with Gasteiger partial charge in [-0.2, -0.15) is 19.6 Å². The molecule has 0 aliphatic heterocycles. The highest BCUT2D eigenvalue weighted by molar-refractivity contribution is 6.30. The number of aromatic nitrogens is 4. The van der Waals surface area contributed by atoms with Gasteiger partial charge in [0.15, 0.2) is 0 Å². The third-order valence-electron chi connectivity index (χ3n) is 3.50. The maximum Gasteiger partial charge on any atom is 0.255 e. The number of nitrogens with zero attached hydrogens (tertiary/aromatic N) is 4. The second kappa shape index (κ2) is 5.69. The molecule has 1 N–H and O–H groups in total. The Morgan fingerprint density at radius 3 is 2.62 bits per heavy atom. The average molecular weight is 302 g/mol. The number of hydrogen-bond donors (Lipinski definition) is 1. The first-order valence-electron chi connectivity index (χ1n) is 6.86. The number of fused-ring (bicyclic) bond motifs is 1. The van der Waals surface area contributed by atoms with Gasteiger partial charge in [0, 0.05) is 12.1 Å². The van der Waals surface area contributed by atoms with Crippen LogP contribution in [-0.4, -0.2) is 19.6 Å².